The Hall–Kier alpha value is -3.61. The number of aryl methyl sites for hydroxylation is 2. The van der Waals surface area contributed by atoms with Crippen LogP contribution in [0.25, 0.3) is 0 Å². The lowest BCUT2D eigenvalue weighted by atomic mass is 10.0. The number of benzene rings is 2. The summed E-state index contributed by atoms with van der Waals surface area (Å²) >= 11 is 0. The molecule has 0 aliphatic carbocycles. The van der Waals surface area contributed by atoms with Crippen molar-refractivity contribution in [3.8, 4) is 5.75 Å². The molecule has 0 atom stereocenters. The van der Waals surface area contributed by atoms with Gasteiger partial charge in [-0.05, 0) is 31.0 Å². The lowest BCUT2D eigenvalue weighted by molar-refractivity contribution is -0.149. The third kappa shape index (κ3) is 5.47. The van der Waals surface area contributed by atoms with Gasteiger partial charge < -0.3 is 14.8 Å². The summed E-state index contributed by atoms with van der Waals surface area (Å²) in [6.07, 6.45) is 0.693. The summed E-state index contributed by atoms with van der Waals surface area (Å²) < 4.78 is 12.4. The Morgan fingerprint density at radius 1 is 1.00 bits per heavy atom. The van der Waals surface area contributed by atoms with Crippen molar-refractivity contribution in [2.45, 2.75) is 20.3 Å². The number of anilines is 1. The van der Waals surface area contributed by atoms with Crippen LogP contribution in [0.5, 0.6) is 5.75 Å². The van der Waals surface area contributed by atoms with Gasteiger partial charge in [-0.15, -0.1) is 0 Å². The van der Waals surface area contributed by atoms with Gasteiger partial charge in [0.1, 0.15) is 5.75 Å². The molecule has 156 valence electrons. The van der Waals surface area contributed by atoms with Crippen molar-refractivity contribution in [3.63, 3.8) is 0 Å². The van der Waals surface area contributed by atoms with Crippen LogP contribution >= 0.6 is 0 Å². The first-order valence-electron chi connectivity index (χ1n) is 9.64. The SMILES string of the molecule is Cc1nn(C)c(C)c1NC(=O)COC(=O)COc1ccccc1Cc1ccccc1. The number of carbonyl (C=O) groups excluding carboxylic acids is 2. The summed E-state index contributed by atoms with van der Waals surface area (Å²) in [6, 6.07) is 17.5. The van der Waals surface area contributed by atoms with Crippen LogP contribution in [0.3, 0.4) is 0 Å². The molecule has 2 aromatic carbocycles. The van der Waals surface area contributed by atoms with Crippen LogP contribution < -0.4 is 10.1 Å². The Kier molecular flexibility index (Phi) is 6.85. The van der Waals surface area contributed by atoms with Crippen molar-refractivity contribution < 1.29 is 19.1 Å². The van der Waals surface area contributed by atoms with Gasteiger partial charge in [0, 0.05) is 13.5 Å². The molecule has 0 saturated carbocycles. The molecule has 0 radical (unpaired) electrons. The van der Waals surface area contributed by atoms with Gasteiger partial charge in [0.25, 0.3) is 5.91 Å². The fourth-order valence-electron chi connectivity index (χ4n) is 3.06. The fraction of sp³-hybridized carbons (Fsp3) is 0.261. The minimum Gasteiger partial charge on any atom is -0.482 e. The average molecular weight is 407 g/mol. The maximum Gasteiger partial charge on any atom is 0.344 e. The van der Waals surface area contributed by atoms with Crippen LogP contribution in [-0.4, -0.2) is 34.9 Å². The van der Waals surface area contributed by atoms with E-state index in [4.69, 9.17) is 9.47 Å². The smallest absolute Gasteiger partial charge is 0.344 e. The molecule has 0 spiro atoms. The van der Waals surface area contributed by atoms with Crippen LogP contribution in [0.2, 0.25) is 0 Å². The van der Waals surface area contributed by atoms with Crippen molar-refractivity contribution in [3.05, 3.63) is 77.1 Å². The number of carbonyl (C=O) groups is 2. The van der Waals surface area contributed by atoms with Crippen LogP contribution in [-0.2, 0) is 27.8 Å². The second kappa shape index (κ2) is 9.73. The third-order valence-corrected chi connectivity index (χ3v) is 4.69. The van der Waals surface area contributed by atoms with Gasteiger partial charge in [0.05, 0.1) is 17.1 Å². The first-order valence-corrected chi connectivity index (χ1v) is 9.64. The number of nitrogens with one attached hydrogen (secondary N) is 1. The first kappa shape index (κ1) is 21.1. The normalized spacial score (nSPS) is 10.5. The van der Waals surface area contributed by atoms with Gasteiger partial charge in [-0.1, -0.05) is 48.5 Å². The number of aromatic nitrogens is 2. The van der Waals surface area contributed by atoms with E-state index in [1.807, 2.05) is 61.5 Å². The molecule has 0 unspecified atom stereocenters. The zero-order chi connectivity index (χ0) is 21.5. The summed E-state index contributed by atoms with van der Waals surface area (Å²) in [5.41, 5.74) is 4.27. The van der Waals surface area contributed by atoms with Crippen molar-refractivity contribution >= 4 is 17.6 Å². The minimum atomic E-state index is -0.612. The number of para-hydroxylation sites is 1. The van der Waals surface area contributed by atoms with Crippen molar-refractivity contribution in [2.75, 3.05) is 18.5 Å². The van der Waals surface area contributed by atoms with Crippen LogP contribution in [0.15, 0.2) is 54.6 Å². The molecule has 0 bridgehead atoms. The molecule has 1 amide bonds. The molecule has 0 aliphatic heterocycles. The predicted molar refractivity (Wildman–Crippen MR) is 113 cm³/mol. The summed E-state index contributed by atoms with van der Waals surface area (Å²) in [7, 11) is 1.80. The van der Waals surface area contributed by atoms with E-state index in [0.29, 0.717) is 23.6 Å². The van der Waals surface area contributed by atoms with Crippen molar-refractivity contribution in [1.82, 2.24) is 9.78 Å². The molecule has 1 heterocycles. The van der Waals surface area contributed by atoms with Gasteiger partial charge in [-0.25, -0.2) is 4.79 Å². The predicted octanol–water partition coefficient (Wildman–Crippen LogP) is 3.19. The molecular weight excluding hydrogens is 382 g/mol. The van der Waals surface area contributed by atoms with Gasteiger partial charge in [0.2, 0.25) is 0 Å². The Balaban J connectivity index is 1.50. The number of ether oxygens (including phenoxy) is 2. The van der Waals surface area contributed by atoms with E-state index in [-0.39, 0.29) is 13.2 Å². The number of esters is 1. The molecule has 3 aromatic rings. The molecule has 0 saturated heterocycles. The number of rotatable bonds is 8. The molecule has 0 aliphatic rings. The van der Waals surface area contributed by atoms with E-state index in [9.17, 15) is 9.59 Å². The van der Waals surface area contributed by atoms with E-state index < -0.39 is 11.9 Å². The van der Waals surface area contributed by atoms with E-state index in [1.54, 1.807) is 18.7 Å². The molecule has 1 aromatic heterocycles. The Labute approximate surface area is 175 Å². The highest BCUT2D eigenvalue weighted by Gasteiger charge is 2.15. The molecule has 0 fully saturated rings. The van der Waals surface area contributed by atoms with Crippen LogP contribution in [0.4, 0.5) is 5.69 Å². The van der Waals surface area contributed by atoms with Crippen LogP contribution in [0.1, 0.15) is 22.5 Å². The zero-order valence-electron chi connectivity index (χ0n) is 17.3. The highest BCUT2D eigenvalue weighted by molar-refractivity contribution is 5.93. The second-order valence-electron chi connectivity index (χ2n) is 6.94. The van der Waals surface area contributed by atoms with E-state index in [2.05, 4.69) is 10.4 Å². The first-order chi connectivity index (χ1) is 14.4. The minimum absolute atomic E-state index is 0.274. The third-order valence-electron chi connectivity index (χ3n) is 4.69. The average Bonchev–Trinajstić information content (AvgIpc) is 2.98. The monoisotopic (exact) mass is 407 g/mol. The number of nitrogens with zero attached hydrogens (tertiary/aromatic N) is 2. The van der Waals surface area contributed by atoms with E-state index in [1.165, 1.54) is 0 Å². The maximum absolute atomic E-state index is 12.1. The number of hydrogen-bond acceptors (Lipinski definition) is 5. The van der Waals surface area contributed by atoms with Crippen molar-refractivity contribution in [2.24, 2.45) is 7.05 Å². The van der Waals surface area contributed by atoms with E-state index >= 15 is 0 Å². The standard InChI is InChI=1S/C23H25N3O4/c1-16-23(17(2)26(3)25-16)24-21(27)14-30-22(28)15-29-20-12-8-7-11-19(20)13-18-9-5-4-6-10-18/h4-12H,13-15H2,1-3H3,(H,24,27). The summed E-state index contributed by atoms with van der Waals surface area (Å²) in [5.74, 6) is -0.421. The largest absolute Gasteiger partial charge is 0.482 e. The Bertz CT molecular complexity index is 1030. The Morgan fingerprint density at radius 2 is 1.70 bits per heavy atom. The maximum atomic E-state index is 12.1. The van der Waals surface area contributed by atoms with Gasteiger partial charge in [0.15, 0.2) is 13.2 Å². The summed E-state index contributed by atoms with van der Waals surface area (Å²) in [4.78, 5) is 24.1. The van der Waals surface area contributed by atoms with Crippen LogP contribution in [0, 0.1) is 13.8 Å². The fourth-order valence-corrected chi connectivity index (χ4v) is 3.06. The molecule has 1 N–H and O–H groups in total. The molecule has 7 heteroatoms. The zero-order valence-corrected chi connectivity index (χ0v) is 17.3. The van der Waals surface area contributed by atoms with Crippen molar-refractivity contribution in [1.29, 1.82) is 0 Å². The molecule has 3 rings (SSSR count). The molecule has 7 nitrogen and oxygen atoms in total. The highest BCUT2D eigenvalue weighted by atomic mass is 16.6. The van der Waals surface area contributed by atoms with E-state index in [0.717, 1.165) is 16.8 Å². The Morgan fingerprint density at radius 3 is 2.40 bits per heavy atom. The lowest BCUT2D eigenvalue weighted by Crippen LogP contribution is -2.24. The number of amides is 1. The topological polar surface area (TPSA) is 82.5 Å². The van der Waals surface area contributed by atoms with Gasteiger partial charge in [-0.3, -0.25) is 9.48 Å². The molecular formula is C23H25N3O4. The van der Waals surface area contributed by atoms with Gasteiger partial charge >= 0.3 is 5.97 Å². The quantitative estimate of drug-likeness (QED) is 0.580. The highest BCUT2D eigenvalue weighted by Crippen LogP contribution is 2.21. The summed E-state index contributed by atoms with van der Waals surface area (Å²) in [5, 5.41) is 6.96. The lowest BCUT2D eigenvalue weighted by Gasteiger charge is -2.11. The number of hydrogen-bond donors (Lipinski definition) is 1. The summed E-state index contributed by atoms with van der Waals surface area (Å²) in [6.45, 7) is 2.99. The molecule has 30 heavy (non-hydrogen) atoms. The second-order valence-corrected chi connectivity index (χ2v) is 6.94. The van der Waals surface area contributed by atoms with Gasteiger partial charge in [-0.2, -0.15) is 5.10 Å².